The third-order valence-corrected chi connectivity index (χ3v) is 5.46. The van der Waals surface area contributed by atoms with Crippen LogP contribution in [0.4, 0.5) is 5.69 Å². The van der Waals surface area contributed by atoms with Gasteiger partial charge in [-0.15, -0.1) is 0 Å². The number of nitrogens with zero attached hydrogens (tertiary/aromatic N) is 2. The van der Waals surface area contributed by atoms with Crippen molar-refractivity contribution in [2.75, 3.05) is 37.2 Å². The Balaban J connectivity index is 1.56. The number of hydrogen-bond acceptors (Lipinski definition) is 4. The van der Waals surface area contributed by atoms with E-state index in [4.69, 9.17) is 0 Å². The predicted molar refractivity (Wildman–Crippen MR) is 112 cm³/mol. The zero-order chi connectivity index (χ0) is 20.1. The summed E-state index contributed by atoms with van der Waals surface area (Å²) in [7, 11) is -3.38. The standard InChI is InChI=1S/C21H27N3O3S/c1-17-6-5-7-18(14-17)16-23-10-12-24(13-11-23)21(25)15-19-8-3-4-9-20(19)22-28(2,26)27/h3-9,14,22H,10-13,15-16H2,1-2H3. The van der Waals surface area contributed by atoms with Gasteiger partial charge < -0.3 is 4.90 Å². The monoisotopic (exact) mass is 401 g/mol. The first-order valence-corrected chi connectivity index (χ1v) is 11.3. The maximum Gasteiger partial charge on any atom is 0.229 e. The van der Waals surface area contributed by atoms with Gasteiger partial charge in [-0.25, -0.2) is 8.42 Å². The van der Waals surface area contributed by atoms with Gasteiger partial charge in [-0.2, -0.15) is 0 Å². The van der Waals surface area contributed by atoms with Crippen LogP contribution in [-0.2, 0) is 27.8 Å². The Morgan fingerprint density at radius 2 is 1.75 bits per heavy atom. The average molecular weight is 402 g/mol. The number of piperazine rings is 1. The van der Waals surface area contributed by atoms with E-state index < -0.39 is 10.0 Å². The average Bonchev–Trinajstić information content (AvgIpc) is 2.63. The van der Waals surface area contributed by atoms with Crippen molar-refractivity contribution in [3.05, 3.63) is 65.2 Å². The molecule has 0 bridgehead atoms. The van der Waals surface area contributed by atoms with Crippen LogP contribution in [0.15, 0.2) is 48.5 Å². The highest BCUT2D eigenvalue weighted by Gasteiger charge is 2.22. The minimum atomic E-state index is -3.38. The molecule has 1 aliphatic heterocycles. The molecular weight excluding hydrogens is 374 g/mol. The summed E-state index contributed by atoms with van der Waals surface area (Å²) in [5, 5.41) is 0. The molecule has 0 atom stereocenters. The van der Waals surface area contributed by atoms with Crippen LogP contribution in [0, 0.1) is 6.92 Å². The molecule has 1 fully saturated rings. The summed E-state index contributed by atoms with van der Waals surface area (Å²) >= 11 is 0. The summed E-state index contributed by atoms with van der Waals surface area (Å²) in [4.78, 5) is 16.9. The molecule has 1 saturated heterocycles. The molecule has 0 radical (unpaired) electrons. The van der Waals surface area contributed by atoms with E-state index in [9.17, 15) is 13.2 Å². The van der Waals surface area contributed by atoms with Crippen LogP contribution in [0.5, 0.6) is 0 Å². The molecule has 6 nitrogen and oxygen atoms in total. The van der Waals surface area contributed by atoms with Gasteiger partial charge in [0.25, 0.3) is 0 Å². The third kappa shape index (κ3) is 5.81. The molecule has 28 heavy (non-hydrogen) atoms. The van der Waals surface area contributed by atoms with Gasteiger partial charge >= 0.3 is 0 Å². The fourth-order valence-electron chi connectivity index (χ4n) is 3.47. The van der Waals surface area contributed by atoms with Crippen LogP contribution in [0.3, 0.4) is 0 Å². The first-order chi connectivity index (χ1) is 13.3. The van der Waals surface area contributed by atoms with Crippen LogP contribution in [0.1, 0.15) is 16.7 Å². The number of benzene rings is 2. The second kappa shape index (κ2) is 8.75. The Bertz CT molecular complexity index is 935. The van der Waals surface area contributed by atoms with Gasteiger partial charge in [0.2, 0.25) is 15.9 Å². The quantitative estimate of drug-likeness (QED) is 0.806. The number of hydrogen-bond donors (Lipinski definition) is 1. The second-order valence-electron chi connectivity index (χ2n) is 7.35. The van der Waals surface area contributed by atoms with Crippen molar-refractivity contribution < 1.29 is 13.2 Å². The Labute approximate surface area is 167 Å². The number of rotatable bonds is 6. The molecule has 0 spiro atoms. The molecule has 7 heteroatoms. The molecule has 1 heterocycles. The molecule has 0 aromatic heterocycles. The highest BCUT2D eigenvalue weighted by molar-refractivity contribution is 7.92. The smallest absolute Gasteiger partial charge is 0.229 e. The Morgan fingerprint density at radius 1 is 1.04 bits per heavy atom. The molecule has 1 N–H and O–H groups in total. The van der Waals surface area contributed by atoms with E-state index >= 15 is 0 Å². The zero-order valence-corrected chi connectivity index (χ0v) is 17.2. The van der Waals surface area contributed by atoms with Gasteiger partial charge in [-0.3, -0.25) is 14.4 Å². The van der Waals surface area contributed by atoms with Crippen molar-refractivity contribution in [2.24, 2.45) is 0 Å². The summed E-state index contributed by atoms with van der Waals surface area (Å²) < 4.78 is 25.6. The van der Waals surface area contributed by atoms with Crippen molar-refractivity contribution in [2.45, 2.75) is 19.9 Å². The normalized spacial score (nSPS) is 15.4. The Kier molecular flexibility index (Phi) is 6.36. The van der Waals surface area contributed by atoms with Crippen molar-refractivity contribution >= 4 is 21.6 Å². The molecule has 1 aliphatic rings. The number of para-hydroxylation sites is 1. The number of aryl methyl sites for hydroxylation is 1. The molecule has 2 aromatic carbocycles. The summed E-state index contributed by atoms with van der Waals surface area (Å²) in [6, 6.07) is 15.5. The van der Waals surface area contributed by atoms with Crippen molar-refractivity contribution in [1.29, 1.82) is 0 Å². The fraction of sp³-hybridized carbons (Fsp3) is 0.381. The summed E-state index contributed by atoms with van der Waals surface area (Å²) in [5.74, 6) is 0.0259. The highest BCUT2D eigenvalue weighted by atomic mass is 32.2. The summed E-state index contributed by atoms with van der Waals surface area (Å²) in [5.41, 5.74) is 3.71. The molecule has 0 saturated carbocycles. The minimum absolute atomic E-state index is 0.0259. The number of sulfonamides is 1. The maximum absolute atomic E-state index is 12.7. The number of nitrogens with one attached hydrogen (secondary N) is 1. The van der Waals surface area contributed by atoms with Crippen LogP contribution in [0.2, 0.25) is 0 Å². The van der Waals surface area contributed by atoms with Gasteiger partial charge in [0.05, 0.1) is 18.4 Å². The SMILES string of the molecule is Cc1cccc(CN2CCN(C(=O)Cc3ccccc3NS(C)(=O)=O)CC2)c1. The first kappa shape index (κ1) is 20.4. The van der Waals surface area contributed by atoms with Crippen molar-refractivity contribution in [3.63, 3.8) is 0 Å². The van der Waals surface area contributed by atoms with E-state index in [1.165, 1.54) is 11.1 Å². The maximum atomic E-state index is 12.7. The van der Waals surface area contributed by atoms with E-state index in [0.717, 1.165) is 25.9 Å². The zero-order valence-electron chi connectivity index (χ0n) is 16.4. The predicted octanol–water partition coefficient (Wildman–Crippen LogP) is 2.25. The molecule has 150 valence electrons. The van der Waals surface area contributed by atoms with Gasteiger partial charge in [0, 0.05) is 32.7 Å². The van der Waals surface area contributed by atoms with Crippen molar-refractivity contribution in [1.82, 2.24) is 9.80 Å². The van der Waals surface area contributed by atoms with Crippen LogP contribution < -0.4 is 4.72 Å². The fourth-order valence-corrected chi connectivity index (χ4v) is 4.07. The molecule has 0 aliphatic carbocycles. The molecule has 3 rings (SSSR count). The molecule has 2 aromatic rings. The third-order valence-electron chi connectivity index (χ3n) is 4.87. The topological polar surface area (TPSA) is 69.7 Å². The van der Waals surface area contributed by atoms with E-state index in [2.05, 4.69) is 40.8 Å². The summed E-state index contributed by atoms with van der Waals surface area (Å²) in [6.07, 6.45) is 1.30. The van der Waals surface area contributed by atoms with Gasteiger partial charge in [-0.1, -0.05) is 48.0 Å². The number of carbonyl (C=O) groups is 1. The Morgan fingerprint density at radius 3 is 2.43 bits per heavy atom. The van der Waals surface area contributed by atoms with E-state index in [0.29, 0.717) is 24.3 Å². The van der Waals surface area contributed by atoms with Gasteiger partial charge in [0.15, 0.2) is 0 Å². The lowest BCUT2D eigenvalue weighted by Crippen LogP contribution is -2.48. The molecule has 1 amide bonds. The molecular formula is C21H27N3O3S. The summed E-state index contributed by atoms with van der Waals surface area (Å²) in [6.45, 7) is 6.03. The minimum Gasteiger partial charge on any atom is -0.340 e. The van der Waals surface area contributed by atoms with E-state index in [1.54, 1.807) is 18.2 Å². The largest absolute Gasteiger partial charge is 0.340 e. The van der Waals surface area contributed by atoms with Crippen molar-refractivity contribution in [3.8, 4) is 0 Å². The Hall–Kier alpha value is -2.38. The van der Waals surface area contributed by atoms with Gasteiger partial charge in [-0.05, 0) is 24.1 Å². The number of amides is 1. The van der Waals surface area contributed by atoms with Crippen LogP contribution in [-0.4, -0.2) is 56.6 Å². The number of carbonyl (C=O) groups excluding carboxylic acids is 1. The van der Waals surface area contributed by atoms with Crippen LogP contribution in [0.25, 0.3) is 0 Å². The lowest BCUT2D eigenvalue weighted by molar-refractivity contribution is -0.132. The molecule has 0 unspecified atom stereocenters. The van der Waals surface area contributed by atoms with Gasteiger partial charge in [0.1, 0.15) is 0 Å². The highest BCUT2D eigenvalue weighted by Crippen LogP contribution is 2.18. The number of anilines is 1. The van der Waals surface area contributed by atoms with Crippen LogP contribution >= 0.6 is 0 Å². The van der Waals surface area contributed by atoms with E-state index in [-0.39, 0.29) is 12.3 Å². The first-order valence-electron chi connectivity index (χ1n) is 9.41. The second-order valence-corrected chi connectivity index (χ2v) is 9.10. The lowest BCUT2D eigenvalue weighted by atomic mass is 10.1. The lowest BCUT2D eigenvalue weighted by Gasteiger charge is -2.35. The van der Waals surface area contributed by atoms with E-state index in [1.807, 2.05) is 11.0 Å².